The van der Waals surface area contributed by atoms with Gasteiger partial charge >= 0.3 is 6.36 Å². The first-order valence-corrected chi connectivity index (χ1v) is 11.1. The normalized spacial score (nSPS) is 14.9. The number of carbonyl (C=O) groups is 1. The average molecular weight is 481 g/mol. The van der Waals surface area contributed by atoms with E-state index in [-0.39, 0.29) is 11.7 Å². The Labute approximate surface area is 196 Å². The fourth-order valence-corrected chi connectivity index (χ4v) is 3.82. The zero-order valence-corrected chi connectivity index (χ0v) is 18.9. The van der Waals surface area contributed by atoms with E-state index in [4.69, 9.17) is 12.2 Å². The van der Waals surface area contributed by atoms with E-state index in [1.54, 1.807) is 0 Å². The van der Waals surface area contributed by atoms with Crippen molar-refractivity contribution in [3.63, 3.8) is 0 Å². The minimum absolute atomic E-state index is 0.00116. The maximum atomic E-state index is 12.3. The van der Waals surface area contributed by atoms with Gasteiger partial charge in [0, 0.05) is 38.4 Å². The monoisotopic (exact) mass is 480 g/mol. The molecule has 2 aromatic carbocycles. The van der Waals surface area contributed by atoms with E-state index in [9.17, 15) is 18.0 Å². The molecule has 0 radical (unpaired) electrons. The lowest BCUT2D eigenvalue weighted by Crippen LogP contribution is -2.41. The van der Waals surface area contributed by atoms with Gasteiger partial charge in [-0.3, -0.25) is 9.69 Å². The number of nitrogens with zero attached hydrogens (tertiary/aromatic N) is 2. The van der Waals surface area contributed by atoms with Crippen LogP contribution in [0.3, 0.4) is 0 Å². The molecule has 0 atom stereocenters. The third kappa shape index (κ3) is 8.89. The molecule has 178 valence electrons. The summed E-state index contributed by atoms with van der Waals surface area (Å²) in [5, 5.41) is 6.52. The Kier molecular flexibility index (Phi) is 8.90. The van der Waals surface area contributed by atoms with Gasteiger partial charge in [-0.15, -0.1) is 13.2 Å². The maximum Gasteiger partial charge on any atom is 0.573 e. The molecule has 0 spiro atoms. The average Bonchev–Trinajstić information content (AvgIpc) is 3.00. The summed E-state index contributed by atoms with van der Waals surface area (Å²) >= 11 is 5.47. The predicted octanol–water partition coefficient (Wildman–Crippen LogP) is 3.65. The number of rotatable bonds is 7. The predicted molar refractivity (Wildman–Crippen MR) is 125 cm³/mol. The van der Waals surface area contributed by atoms with E-state index < -0.39 is 6.36 Å². The van der Waals surface area contributed by atoms with Crippen molar-refractivity contribution in [3.8, 4) is 5.75 Å². The Bertz CT molecular complexity index is 910. The Balaban J connectivity index is 1.39. The smallest absolute Gasteiger partial charge is 0.406 e. The first kappa shape index (κ1) is 24.8. The van der Waals surface area contributed by atoms with Gasteiger partial charge in [0.05, 0.1) is 6.54 Å². The number of amides is 1. The lowest BCUT2D eigenvalue weighted by molar-refractivity contribution is -0.274. The highest BCUT2D eigenvalue weighted by molar-refractivity contribution is 7.80. The molecular weight excluding hydrogens is 453 g/mol. The molecule has 10 heteroatoms. The number of halogens is 3. The van der Waals surface area contributed by atoms with Crippen LogP contribution in [0, 0.1) is 0 Å². The molecule has 3 rings (SSSR count). The van der Waals surface area contributed by atoms with Gasteiger partial charge in [-0.1, -0.05) is 30.3 Å². The lowest BCUT2D eigenvalue weighted by atomic mass is 10.1. The van der Waals surface area contributed by atoms with E-state index in [0.29, 0.717) is 37.0 Å². The molecule has 33 heavy (non-hydrogen) atoms. The molecule has 1 amide bonds. The quantitative estimate of drug-likeness (QED) is 0.591. The molecule has 0 bridgehead atoms. The first-order chi connectivity index (χ1) is 15.8. The van der Waals surface area contributed by atoms with Crippen LogP contribution in [0.2, 0.25) is 0 Å². The molecule has 1 heterocycles. The van der Waals surface area contributed by atoms with Crippen molar-refractivity contribution in [2.75, 3.05) is 44.6 Å². The van der Waals surface area contributed by atoms with Crippen molar-refractivity contribution < 1.29 is 22.7 Å². The van der Waals surface area contributed by atoms with Crippen LogP contribution in [0.4, 0.5) is 18.9 Å². The molecule has 0 unspecified atom stereocenters. The van der Waals surface area contributed by atoms with Gasteiger partial charge in [-0.2, -0.15) is 0 Å². The van der Waals surface area contributed by atoms with Gasteiger partial charge in [0.2, 0.25) is 5.91 Å². The summed E-state index contributed by atoms with van der Waals surface area (Å²) in [5.74, 6) is -0.285. The van der Waals surface area contributed by atoms with E-state index in [1.807, 2.05) is 35.2 Å². The minimum Gasteiger partial charge on any atom is -0.406 e. The van der Waals surface area contributed by atoms with Crippen molar-refractivity contribution >= 4 is 28.9 Å². The summed E-state index contributed by atoms with van der Waals surface area (Å²) in [7, 11) is 0. The third-order valence-corrected chi connectivity index (χ3v) is 5.52. The summed E-state index contributed by atoms with van der Waals surface area (Å²) in [6.07, 6.45) is -3.08. The molecule has 0 aromatic heterocycles. The van der Waals surface area contributed by atoms with E-state index in [1.165, 1.54) is 29.8 Å². The van der Waals surface area contributed by atoms with Crippen LogP contribution >= 0.6 is 12.2 Å². The molecule has 1 saturated heterocycles. The molecular formula is C23H27F3N4O2S. The van der Waals surface area contributed by atoms with Gasteiger partial charge in [0.15, 0.2) is 5.11 Å². The summed E-state index contributed by atoms with van der Waals surface area (Å²) in [6, 6.07) is 15.4. The third-order valence-electron chi connectivity index (χ3n) is 5.16. The molecule has 1 aliphatic rings. The topological polar surface area (TPSA) is 56.8 Å². The Morgan fingerprint density at radius 1 is 1.00 bits per heavy atom. The molecule has 2 N–H and O–H groups in total. The number of anilines is 1. The van der Waals surface area contributed by atoms with Gasteiger partial charge in [-0.25, -0.2) is 0 Å². The number of benzene rings is 2. The van der Waals surface area contributed by atoms with Crippen LogP contribution < -0.4 is 15.4 Å². The van der Waals surface area contributed by atoms with E-state index in [2.05, 4.69) is 20.3 Å². The van der Waals surface area contributed by atoms with Crippen LogP contribution in [0.15, 0.2) is 54.6 Å². The van der Waals surface area contributed by atoms with Crippen LogP contribution in [0.1, 0.15) is 12.0 Å². The van der Waals surface area contributed by atoms with Crippen molar-refractivity contribution in [1.29, 1.82) is 0 Å². The highest BCUT2D eigenvalue weighted by Gasteiger charge is 2.31. The zero-order valence-electron chi connectivity index (χ0n) is 18.1. The SMILES string of the molecule is O=C(CN1CCCN(C(=S)Nc2ccc(OC(F)(F)F)cc2)CC1)NCCc1ccccc1. The van der Waals surface area contributed by atoms with Crippen LogP contribution in [-0.2, 0) is 11.2 Å². The van der Waals surface area contributed by atoms with E-state index in [0.717, 1.165) is 25.9 Å². The number of hydrogen-bond donors (Lipinski definition) is 2. The number of thiocarbonyl (C=S) groups is 1. The van der Waals surface area contributed by atoms with Crippen molar-refractivity contribution in [2.45, 2.75) is 19.2 Å². The number of carbonyl (C=O) groups excluding carboxylic acids is 1. The Hall–Kier alpha value is -2.85. The summed E-state index contributed by atoms with van der Waals surface area (Å²) in [4.78, 5) is 16.4. The molecule has 1 fully saturated rings. The van der Waals surface area contributed by atoms with Gasteiger partial charge in [-0.05, 0) is 54.9 Å². The summed E-state index contributed by atoms with van der Waals surface area (Å²) in [5.41, 5.74) is 1.76. The highest BCUT2D eigenvalue weighted by atomic mass is 32.1. The maximum absolute atomic E-state index is 12.3. The Morgan fingerprint density at radius 2 is 1.73 bits per heavy atom. The van der Waals surface area contributed by atoms with Gasteiger partial charge in [0.25, 0.3) is 0 Å². The fraction of sp³-hybridized carbons (Fsp3) is 0.391. The molecule has 0 aliphatic carbocycles. The van der Waals surface area contributed by atoms with Crippen molar-refractivity contribution in [2.24, 2.45) is 0 Å². The zero-order chi connectivity index (χ0) is 23.7. The fourth-order valence-electron chi connectivity index (χ4n) is 3.52. The summed E-state index contributed by atoms with van der Waals surface area (Å²) < 4.78 is 40.7. The summed E-state index contributed by atoms with van der Waals surface area (Å²) in [6.45, 7) is 3.79. The number of alkyl halides is 3. The van der Waals surface area contributed by atoms with Crippen LogP contribution in [-0.4, -0.2) is 66.5 Å². The van der Waals surface area contributed by atoms with E-state index >= 15 is 0 Å². The van der Waals surface area contributed by atoms with Gasteiger partial charge < -0.3 is 20.3 Å². The second-order valence-electron chi connectivity index (χ2n) is 7.70. The number of ether oxygens (including phenoxy) is 1. The molecule has 0 saturated carbocycles. The van der Waals surface area contributed by atoms with Crippen molar-refractivity contribution in [1.82, 2.24) is 15.1 Å². The molecule has 2 aromatic rings. The van der Waals surface area contributed by atoms with Crippen LogP contribution in [0.25, 0.3) is 0 Å². The Morgan fingerprint density at radius 3 is 2.42 bits per heavy atom. The lowest BCUT2D eigenvalue weighted by Gasteiger charge is -2.24. The first-order valence-electron chi connectivity index (χ1n) is 10.7. The van der Waals surface area contributed by atoms with Gasteiger partial charge in [0.1, 0.15) is 5.75 Å². The number of hydrogen-bond acceptors (Lipinski definition) is 4. The molecule has 6 nitrogen and oxygen atoms in total. The van der Waals surface area contributed by atoms with Crippen molar-refractivity contribution in [3.05, 3.63) is 60.2 Å². The molecule has 1 aliphatic heterocycles. The standard InChI is InChI=1S/C23H27F3N4O2S/c24-23(25,26)32-20-9-7-19(8-10-20)28-22(33)30-14-4-13-29(15-16-30)17-21(31)27-12-11-18-5-2-1-3-6-18/h1-3,5-10H,4,11-17H2,(H,27,31)(H,28,33). The second kappa shape index (κ2) is 11.9. The second-order valence-corrected chi connectivity index (χ2v) is 8.09. The van der Waals surface area contributed by atoms with Crippen LogP contribution in [0.5, 0.6) is 5.75 Å². The largest absolute Gasteiger partial charge is 0.573 e. The minimum atomic E-state index is -4.72. The highest BCUT2D eigenvalue weighted by Crippen LogP contribution is 2.24. The number of nitrogens with one attached hydrogen (secondary N) is 2.